The van der Waals surface area contributed by atoms with E-state index in [1.54, 1.807) is 28.1 Å². The van der Waals surface area contributed by atoms with E-state index < -0.39 is 29.9 Å². The molecule has 4 atom stereocenters. The molecule has 0 aliphatic carbocycles. The van der Waals surface area contributed by atoms with E-state index in [9.17, 15) is 4.79 Å². The first-order chi connectivity index (χ1) is 12.2. The number of rotatable bonds is 11. The number of hydrogen-bond acceptors (Lipinski definition) is 8. The second-order valence-electron chi connectivity index (χ2n) is 6.80. The Morgan fingerprint density at radius 1 is 1.08 bits per heavy atom. The molecular weight excluding hydrogens is 342 g/mol. The molecule has 1 aliphatic heterocycles. The van der Waals surface area contributed by atoms with Crippen molar-refractivity contribution in [3.63, 3.8) is 0 Å². The van der Waals surface area contributed by atoms with Gasteiger partial charge in [0.05, 0.1) is 0 Å². The number of methoxy groups -OCH3 is 2. The van der Waals surface area contributed by atoms with E-state index in [2.05, 4.69) is 5.32 Å². The van der Waals surface area contributed by atoms with Gasteiger partial charge in [0.2, 0.25) is 5.79 Å². The van der Waals surface area contributed by atoms with Crippen molar-refractivity contribution in [3.8, 4) is 0 Å². The van der Waals surface area contributed by atoms with E-state index in [-0.39, 0.29) is 12.0 Å². The van der Waals surface area contributed by atoms with Crippen molar-refractivity contribution in [1.29, 1.82) is 0 Å². The standard InChI is InChI=1S/C18H35NO7/c1-9-23-17(5)18(6,24-10-2)26-16(20)15(25-17)14(12(3)4)19-11-13(21-7)22-8/h12-15,19H,9-11H2,1-8H3/t14-,15+,17-,18-/m0/s1. The Morgan fingerprint density at radius 2 is 1.62 bits per heavy atom. The van der Waals surface area contributed by atoms with Crippen molar-refractivity contribution in [2.75, 3.05) is 34.0 Å². The molecule has 8 nitrogen and oxygen atoms in total. The Balaban J connectivity index is 3.03. The van der Waals surface area contributed by atoms with E-state index >= 15 is 0 Å². The molecule has 0 saturated carbocycles. The van der Waals surface area contributed by atoms with Gasteiger partial charge in [0, 0.05) is 46.9 Å². The fourth-order valence-corrected chi connectivity index (χ4v) is 3.02. The van der Waals surface area contributed by atoms with Crippen LogP contribution in [0.25, 0.3) is 0 Å². The molecule has 0 spiro atoms. The molecule has 1 rings (SSSR count). The number of carbonyl (C=O) groups is 1. The van der Waals surface area contributed by atoms with Gasteiger partial charge in [-0.2, -0.15) is 0 Å². The fraction of sp³-hybridized carbons (Fsp3) is 0.944. The molecule has 1 heterocycles. The normalized spacial score (nSPS) is 30.7. The lowest BCUT2D eigenvalue weighted by Gasteiger charge is -2.50. The van der Waals surface area contributed by atoms with Crippen LogP contribution in [0.3, 0.4) is 0 Å². The molecule has 0 radical (unpaired) electrons. The summed E-state index contributed by atoms with van der Waals surface area (Å²) < 4.78 is 33.7. The maximum absolute atomic E-state index is 12.7. The van der Waals surface area contributed by atoms with Gasteiger partial charge in [-0.15, -0.1) is 0 Å². The van der Waals surface area contributed by atoms with Crippen LogP contribution in [0.4, 0.5) is 0 Å². The van der Waals surface area contributed by atoms with E-state index in [1.807, 2.05) is 27.7 Å². The van der Waals surface area contributed by atoms with Crippen molar-refractivity contribution in [1.82, 2.24) is 5.32 Å². The molecule has 1 N–H and O–H groups in total. The van der Waals surface area contributed by atoms with E-state index in [1.165, 1.54) is 0 Å². The molecule has 0 aromatic rings. The topological polar surface area (TPSA) is 84.5 Å². The minimum atomic E-state index is -1.32. The summed E-state index contributed by atoms with van der Waals surface area (Å²) in [6, 6.07) is -0.318. The summed E-state index contributed by atoms with van der Waals surface area (Å²) in [5.74, 6) is -2.96. The van der Waals surface area contributed by atoms with E-state index in [0.717, 1.165) is 0 Å². The van der Waals surface area contributed by atoms with Crippen molar-refractivity contribution in [2.45, 2.75) is 71.6 Å². The quantitative estimate of drug-likeness (QED) is 0.430. The van der Waals surface area contributed by atoms with Crippen molar-refractivity contribution in [3.05, 3.63) is 0 Å². The predicted molar refractivity (Wildman–Crippen MR) is 95.5 cm³/mol. The summed E-state index contributed by atoms with van der Waals surface area (Å²) in [4.78, 5) is 12.7. The fourth-order valence-electron chi connectivity index (χ4n) is 3.02. The lowest BCUT2D eigenvalue weighted by atomic mass is 9.95. The summed E-state index contributed by atoms with van der Waals surface area (Å²) in [6.07, 6.45) is -1.28. The van der Waals surface area contributed by atoms with Crippen molar-refractivity contribution in [2.24, 2.45) is 5.92 Å². The van der Waals surface area contributed by atoms with Crippen LogP contribution < -0.4 is 5.32 Å². The molecule has 0 unspecified atom stereocenters. The average Bonchev–Trinajstić information content (AvgIpc) is 2.56. The van der Waals surface area contributed by atoms with Gasteiger partial charge in [0.25, 0.3) is 5.79 Å². The Morgan fingerprint density at radius 3 is 2.08 bits per heavy atom. The smallest absolute Gasteiger partial charge is 0.339 e. The van der Waals surface area contributed by atoms with Crippen LogP contribution in [0.5, 0.6) is 0 Å². The minimum Gasteiger partial charge on any atom is -0.425 e. The number of cyclic esters (lactones) is 1. The van der Waals surface area contributed by atoms with Crippen molar-refractivity contribution >= 4 is 5.97 Å². The highest BCUT2D eigenvalue weighted by Gasteiger charge is 2.59. The largest absolute Gasteiger partial charge is 0.425 e. The Kier molecular flexibility index (Phi) is 8.92. The lowest BCUT2D eigenvalue weighted by molar-refractivity contribution is -0.416. The summed E-state index contributed by atoms with van der Waals surface area (Å²) in [6.45, 7) is 12.2. The number of carbonyl (C=O) groups excluding carboxylic acids is 1. The van der Waals surface area contributed by atoms with Gasteiger partial charge in [0.15, 0.2) is 12.4 Å². The molecule has 154 valence electrons. The Labute approximate surface area is 156 Å². The molecule has 0 aromatic carbocycles. The summed E-state index contributed by atoms with van der Waals surface area (Å²) in [5.41, 5.74) is 0. The van der Waals surface area contributed by atoms with Crippen LogP contribution in [-0.4, -0.2) is 70.0 Å². The number of nitrogens with one attached hydrogen (secondary N) is 1. The van der Waals surface area contributed by atoms with Gasteiger partial charge in [-0.3, -0.25) is 0 Å². The highest BCUT2D eigenvalue weighted by atomic mass is 16.8. The predicted octanol–water partition coefficient (Wildman–Crippen LogP) is 1.67. The summed E-state index contributed by atoms with van der Waals surface area (Å²) >= 11 is 0. The average molecular weight is 377 g/mol. The van der Waals surface area contributed by atoms with Gasteiger partial charge in [-0.05, 0) is 26.7 Å². The van der Waals surface area contributed by atoms with Crippen LogP contribution in [0.2, 0.25) is 0 Å². The third-order valence-corrected chi connectivity index (χ3v) is 4.63. The monoisotopic (exact) mass is 377 g/mol. The number of hydrogen-bond donors (Lipinski definition) is 1. The van der Waals surface area contributed by atoms with Crippen LogP contribution in [-0.2, 0) is 33.2 Å². The molecule has 0 aromatic heterocycles. The molecule has 1 fully saturated rings. The zero-order chi connectivity index (χ0) is 20.0. The number of esters is 1. The Bertz CT molecular complexity index is 443. The number of ether oxygens (including phenoxy) is 6. The molecule has 1 saturated heterocycles. The second kappa shape index (κ2) is 9.96. The maximum atomic E-state index is 12.7. The van der Waals surface area contributed by atoms with E-state index in [4.69, 9.17) is 28.4 Å². The third-order valence-electron chi connectivity index (χ3n) is 4.63. The zero-order valence-electron chi connectivity index (χ0n) is 17.3. The van der Waals surface area contributed by atoms with Crippen LogP contribution in [0, 0.1) is 5.92 Å². The highest BCUT2D eigenvalue weighted by Crippen LogP contribution is 2.39. The van der Waals surface area contributed by atoms with Gasteiger partial charge < -0.3 is 33.7 Å². The first kappa shape index (κ1) is 23.3. The SMILES string of the molecule is CCO[C@@]1(C)OC(=O)[C@@H]([C@@H](NCC(OC)OC)C(C)C)O[C@]1(C)OCC. The molecular formula is C18H35NO7. The molecule has 1 aliphatic rings. The molecule has 0 bridgehead atoms. The summed E-state index contributed by atoms with van der Waals surface area (Å²) in [7, 11) is 3.12. The molecule has 8 heteroatoms. The molecule has 0 amide bonds. The third kappa shape index (κ3) is 5.15. The second-order valence-corrected chi connectivity index (χ2v) is 6.80. The van der Waals surface area contributed by atoms with Gasteiger partial charge in [-0.25, -0.2) is 4.79 Å². The first-order valence-corrected chi connectivity index (χ1v) is 9.15. The highest BCUT2D eigenvalue weighted by molar-refractivity contribution is 5.77. The van der Waals surface area contributed by atoms with Crippen LogP contribution >= 0.6 is 0 Å². The first-order valence-electron chi connectivity index (χ1n) is 9.15. The van der Waals surface area contributed by atoms with Crippen molar-refractivity contribution < 1.29 is 33.2 Å². The maximum Gasteiger partial charge on any atom is 0.339 e. The lowest BCUT2D eigenvalue weighted by Crippen LogP contribution is -2.68. The molecule has 26 heavy (non-hydrogen) atoms. The zero-order valence-corrected chi connectivity index (χ0v) is 17.3. The van der Waals surface area contributed by atoms with Crippen LogP contribution in [0.1, 0.15) is 41.5 Å². The Hall–Kier alpha value is -0.770. The summed E-state index contributed by atoms with van der Waals surface area (Å²) in [5, 5.41) is 3.29. The van der Waals surface area contributed by atoms with E-state index in [0.29, 0.717) is 19.8 Å². The van der Waals surface area contributed by atoms with Gasteiger partial charge >= 0.3 is 5.97 Å². The van der Waals surface area contributed by atoms with Crippen LogP contribution in [0.15, 0.2) is 0 Å². The van der Waals surface area contributed by atoms with Gasteiger partial charge in [0.1, 0.15) is 0 Å². The minimum absolute atomic E-state index is 0.0873. The van der Waals surface area contributed by atoms with Gasteiger partial charge in [-0.1, -0.05) is 13.8 Å².